The molecule has 3 aliphatic rings. The van der Waals surface area contributed by atoms with Crippen molar-refractivity contribution in [3.05, 3.63) is 71.8 Å². The standard InChI is InChI=1S/C16H20FNO4.C12H22N2O5.C6H4F.C4H8O.BrH.Mg.H2S/c1-16(2,3)22-15(20)18-7-8-21-13(10-18)14(19)11-5-4-6-12(17)9-11;1-12(2,3)19-11(16)14-6-7-18-9(8-14)10(15)13(4)17-5;7-6-4-2-1-3-5-6;1-2-4-5-3-1;;;/h4-6,9,13H,7-8,10H2,1-3H3;9H,6-8H2,1-5H3;1-2,4-5H;1-4H2;1H;;1H2/q;;-1;;;+2;/p-1/t13-;9-;;;;;/m00...../s1. The van der Waals surface area contributed by atoms with Crippen molar-refractivity contribution in [3.63, 3.8) is 0 Å². The Morgan fingerprint density at radius 3 is 1.70 bits per heavy atom. The van der Waals surface area contributed by atoms with Gasteiger partial charge in [-0.15, -0.1) is 12.1 Å². The van der Waals surface area contributed by atoms with Gasteiger partial charge in [0.25, 0.3) is 5.91 Å². The summed E-state index contributed by atoms with van der Waals surface area (Å²) in [5.74, 6) is -1.38. The van der Waals surface area contributed by atoms with Crippen molar-refractivity contribution in [1.82, 2.24) is 14.9 Å². The number of hydroxylamine groups is 2. The van der Waals surface area contributed by atoms with E-state index < -0.39 is 41.4 Å². The van der Waals surface area contributed by atoms with Crippen molar-refractivity contribution in [3.8, 4) is 0 Å². The van der Waals surface area contributed by atoms with Crippen LogP contribution in [0.3, 0.4) is 0 Å². The van der Waals surface area contributed by atoms with Crippen molar-refractivity contribution >= 4 is 60.4 Å². The third-order valence-corrected chi connectivity index (χ3v) is 7.19. The first-order valence-corrected chi connectivity index (χ1v) is 17.4. The molecule has 0 aliphatic carbocycles. The van der Waals surface area contributed by atoms with Gasteiger partial charge in [0.15, 0.2) is 11.9 Å². The molecular weight excluding hydrogens is 833 g/mol. The monoisotopic (exact) mass is 887 g/mol. The Morgan fingerprint density at radius 2 is 1.30 bits per heavy atom. The number of carbonyl (C=O) groups is 4. The normalized spacial score (nSPS) is 17.5. The van der Waals surface area contributed by atoms with Gasteiger partial charge in [-0.05, 0) is 66.5 Å². The smallest absolute Gasteiger partial charge is 1.00 e. The van der Waals surface area contributed by atoms with E-state index in [1.165, 1.54) is 67.1 Å². The van der Waals surface area contributed by atoms with Crippen LogP contribution in [0.15, 0.2) is 48.5 Å². The van der Waals surface area contributed by atoms with Gasteiger partial charge in [0.05, 0.1) is 33.4 Å². The number of morpholine rings is 2. The van der Waals surface area contributed by atoms with E-state index in [4.69, 9.17) is 28.5 Å². The van der Waals surface area contributed by atoms with Crippen LogP contribution < -0.4 is 17.0 Å². The zero-order valence-electron chi connectivity index (χ0n) is 33.6. The third-order valence-electron chi connectivity index (χ3n) is 7.19. The van der Waals surface area contributed by atoms with Gasteiger partial charge in [-0.2, -0.15) is 31.7 Å². The molecule has 0 spiro atoms. The second-order valence-corrected chi connectivity index (χ2v) is 14.0. The summed E-state index contributed by atoms with van der Waals surface area (Å²) < 4.78 is 51.4. The molecule has 0 N–H and O–H groups in total. The summed E-state index contributed by atoms with van der Waals surface area (Å²) in [6.07, 6.45) is 0.121. The number of ether oxygens (including phenoxy) is 5. The topological polar surface area (TPSA) is 133 Å². The van der Waals surface area contributed by atoms with E-state index in [0.29, 0.717) is 19.7 Å². The molecule has 3 fully saturated rings. The first kappa shape index (κ1) is 55.5. The van der Waals surface area contributed by atoms with E-state index in [-0.39, 0.29) is 96.3 Å². The molecule has 18 heteroatoms. The molecule has 2 aromatic carbocycles. The molecule has 13 nitrogen and oxygen atoms in total. The summed E-state index contributed by atoms with van der Waals surface area (Å²) in [6, 6.07) is 14.0. The molecule has 0 aromatic heterocycles. The van der Waals surface area contributed by atoms with Gasteiger partial charge in [0.2, 0.25) is 0 Å². The molecule has 5 rings (SSSR count). The van der Waals surface area contributed by atoms with Gasteiger partial charge >= 0.3 is 35.2 Å². The molecule has 3 saturated heterocycles. The molecule has 3 amide bonds. The number of halogens is 3. The fraction of sp³-hybridized carbons (Fsp3) is 0.579. The summed E-state index contributed by atoms with van der Waals surface area (Å²) >= 11 is 0. The molecule has 2 aromatic rings. The van der Waals surface area contributed by atoms with E-state index in [1.54, 1.807) is 53.7 Å². The third kappa shape index (κ3) is 22.4. The van der Waals surface area contributed by atoms with Crippen LogP contribution in [0.2, 0.25) is 0 Å². The van der Waals surface area contributed by atoms with E-state index >= 15 is 0 Å². The molecule has 3 heterocycles. The Kier molecular flexibility index (Phi) is 27.7. The zero-order chi connectivity index (χ0) is 39.6. The van der Waals surface area contributed by atoms with Crippen molar-refractivity contribution in [2.45, 2.75) is 77.8 Å². The van der Waals surface area contributed by atoms with Crippen LogP contribution >= 0.6 is 13.5 Å². The summed E-state index contributed by atoms with van der Waals surface area (Å²) in [5, 5.41) is 1.09. The van der Waals surface area contributed by atoms with E-state index in [1.807, 2.05) is 0 Å². The van der Waals surface area contributed by atoms with Gasteiger partial charge in [-0.25, -0.2) is 19.0 Å². The second kappa shape index (κ2) is 27.9. The van der Waals surface area contributed by atoms with Gasteiger partial charge in [0.1, 0.15) is 23.1 Å². The molecule has 0 unspecified atom stereocenters. The number of hydrogen-bond donors (Lipinski definition) is 0. The minimum absolute atomic E-state index is 0. The molecule has 56 heavy (non-hydrogen) atoms. The predicted molar refractivity (Wildman–Crippen MR) is 207 cm³/mol. The summed E-state index contributed by atoms with van der Waals surface area (Å²) in [4.78, 5) is 55.9. The Labute approximate surface area is 363 Å². The van der Waals surface area contributed by atoms with Gasteiger partial charge in [0, 0.05) is 44.7 Å². The van der Waals surface area contributed by atoms with Crippen molar-refractivity contribution in [2.75, 3.05) is 66.8 Å². The van der Waals surface area contributed by atoms with Crippen LogP contribution in [0, 0.1) is 17.7 Å². The molecule has 3 aliphatic heterocycles. The maximum Gasteiger partial charge on any atom is 2.00 e. The molecule has 2 atom stereocenters. The molecule has 0 saturated carbocycles. The minimum Gasteiger partial charge on any atom is -1.00 e. The second-order valence-electron chi connectivity index (χ2n) is 14.0. The molecule has 312 valence electrons. The van der Waals surface area contributed by atoms with E-state index in [0.717, 1.165) is 24.3 Å². The fourth-order valence-electron chi connectivity index (χ4n) is 4.59. The molecule has 0 radical (unpaired) electrons. The van der Waals surface area contributed by atoms with Gasteiger partial charge < -0.3 is 50.5 Å². The zero-order valence-corrected chi connectivity index (χ0v) is 37.6. The maximum absolute atomic E-state index is 13.2. The maximum atomic E-state index is 13.2. The fourth-order valence-corrected chi connectivity index (χ4v) is 4.59. The number of rotatable bonds is 4. The number of hydrogen-bond acceptors (Lipinski definition) is 10. The Balaban J connectivity index is 0. The van der Waals surface area contributed by atoms with Crippen LogP contribution in [0.1, 0.15) is 64.7 Å². The number of carbonyl (C=O) groups excluding carboxylic acids is 4. The van der Waals surface area contributed by atoms with Crippen molar-refractivity contribution in [2.24, 2.45) is 0 Å². The number of ketones is 1. The number of benzene rings is 2. The van der Waals surface area contributed by atoms with E-state index in [2.05, 4.69) is 6.07 Å². The van der Waals surface area contributed by atoms with Gasteiger partial charge in [-0.1, -0.05) is 12.1 Å². The largest absolute Gasteiger partial charge is 2.00 e. The summed E-state index contributed by atoms with van der Waals surface area (Å²) in [5.41, 5.74) is -0.925. The minimum atomic E-state index is -0.803. The van der Waals surface area contributed by atoms with Gasteiger partial charge in [-0.3, -0.25) is 18.8 Å². The summed E-state index contributed by atoms with van der Waals surface area (Å²) in [7, 11) is 2.89. The predicted octanol–water partition coefficient (Wildman–Crippen LogP) is 2.45. The number of amides is 3. The van der Waals surface area contributed by atoms with Crippen LogP contribution in [0.25, 0.3) is 0 Å². The average molecular weight is 889 g/mol. The SMILES string of the molecule is C1CCOC1.CC(C)(C)OC(=O)N1CCO[C@H](C(=O)c2cccc(F)c2)C1.CON(C)C(=O)[C@@H]1CN(C(=O)OC(C)(C)C)CCO1.Fc1c[c-]ccc1.S.[Br-].[Mg+2]. The number of Topliss-reactive ketones (excluding diaryl/α,β-unsaturated/α-hetero) is 1. The Bertz CT molecular complexity index is 1450. The quantitative estimate of drug-likeness (QED) is 0.195. The van der Waals surface area contributed by atoms with Crippen LogP contribution in [-0.2, 0) is 33.3 Å². The number of likely N-dealkylation sites (N-methyl/N-ethyl adjacent to an activating group) is 1. The first-order chi connectivity index (χ1) is 24.9. The van der Waals surface area contributed by atoms with Crippen molar-refractivity contribution < 1.29 is 73.5 Å². The first-order valence-electron chi connectivity index (χ1n) is 17.4. The average Bonchev–Trinajstić information content (AvgIpc) is 3.71. The Hall–Kier alpha value is -2.58. The number of nitrogens with zero attached hydrogens (tertiary/aromatic N) is 3. The molecule has 0 bridgehead atoms. The van der Waals surface area contributed by atoms with Crippen LogP contribution in [0.4, 0.5) is 18.4 Å². The van der Waals surface area contributed by atoms with E-state index in [9.17, 15) is 28.0 Å². The summed E-state index contributed by atoms with van der Waals surface area (Å²) in [6.45, 7) is 14.3. The molecular formula is C38H56BrF2MgN3O10S. The van der Waals surface area contributed by atoms with Crippen LogP contribution in [0.5, 0.6) is 0 Å². The Morgan fingerprint density at radius 1 is 0.804 bits per heavy atom. The van der Waals surface area contributed by atoms with Crippen molar-refractivity contribution in [1.29, 1.82) is 0 Å². The van der Waals surface area contributed by atoms with Crippen LogP contribution in [-0.4, -0.2) is 152 Å².